The van der Waals surface area contributed by atoms with Gasteiger partial charge in [0.1, 0.15) is 0 Å². The van der Waals surface area contributed by atoms with Gasteiger partial charge < -0.3 is 18.3 Å². The summed E-state index contributed by atoms with van der Waals surface area (Å²) in [5.41, 5.74) is 18.5. The van der Waals surface area contributed by atoms with Gasteiger partial charge in [0, 0.05) is 117 Å². The Morgan fingerprint density at radius 1 is 0.204 bits per heavy atom. The Morgan fingerprint density at radius 2 is 0.612 bits per heavy atom. The van der Waals surface area contributed by atoms with Gasteiger partial charge in [0.15, 0.2) is 0 Å². The summed E-state index contributed by atoms with van der Waals surface area (Å²) in [4.78, 5) is 5.16. The van der Waals surface area contributed by atoms with Crippen molar-refractivity contribution in [2.24, 2.45) is 0 Å². The summed E-state index contributed by atoms with van der Waals surface area (Å²) in [5, 5.41) is 20.7. The van der Waals surface area contributed by atoms with Crippen molar-refractivity contribution < 1.29 is 0 Å². The van der Waals surface area contributed by atoms with Crippen LogP contribution < -0.4 is 0 Å². The van der Waals surface area contributed by atoms with E-state index in [4.69, 9.17) is 4.98 Å². The van der Waals surface area contributed by atoms with E-state index in [-0.39, 0.29) is 0 Å². The highest BCUT2D eigenvalue weighted by Gasteiger charge is 2.25. The van der Waals surface area contributed by atoms with Crippen molar-refractivity contribution in [1.82, 2.24) is 23.3 Å². The summed E-state index contributed by atoms with van der Waals surface area (Å²) in [5.74, 6) is 0. The zero-order chi connectivity index (χ0) is 64.1. The van der Waals surface area contributed by atoms with Gasteiger partial charge in [-0.3, -0.25) is 0 Å². The lowest BCUT2D eigenvalue weighted by molar-refractivity contribution is 1.16. The number of benzene rings is 15. The predicted molar refractivity (Wildman–Crippen MR) is 420 cm³/mol. The molecule has 0 atom stereocenters. The van der Waals surface area contributed by atoms with E-state index in [0.717, 1.165) is 33.9 Å². The Bertz CT molecular complexity index is 7020. The monoisotopic (exact) mass is 1280 g/mol. The van der Waals surface area contributed by atoms with Crippen molar-refractivity contribution in [3.63, 3.8) is 0 Å². The number of hydrogen-bond donors (Lipinski definition) is 0. The van der Waals surface area contributed by atoms with Crippen molar-refractivity contribution in [3.05, 3.63) is 334 Å². The van der Waals surface area contributed by atoms with Crippen LogP contribution in [0.2, 0.25) is 0 Å². The molecule has 22 rings (SSSR count). The third-order valence-electron chi connectivity index (χ3n) is 20.4. The smallest absolute Gasteiger partial charge is 0.0709 e. The van der Waals surface area contributed by atoms with Crippen LogP contribution in [0.15, 0.2) is 334 Å². The summed E-state index contributed by atoms with van der Waals surface area (Å²) in [6.45, 7) is 0. The quantitative estimate of drug-likeness (QED) is 0.163. The van der Waals surface area contributed by atoms with E-state index in [1.165, 1.54) is 160 Å². The Labute approximate surface area is 570 Å². The third kappa shape index (κ3) is 8.21. The topological polar surface area (TPSA) is 32.6 Å². The van der Waals surface area contributed by atoms with Crippen molar-refractivity contribution in [3.8, 4) is 45.3 Å². The SMILES string of the molecule is c1ccc(-c2cccc(-c3ccc4c(c3)c3cc5c6c7sc8ccc9ccccc9c8c7ccc6n(-c6ccccc6)c5cc3n4-c3ccccc3)n2)cc1.c1ccc(-n2c3cc4c(cc3c3c5ccccc5ccc32)c2c3sc5ccccc5c3ccc2n4-c2ccccc2)cc1. The van der Waals surface area contributed by atoms with Crippen LogP contribution in [-0.2, 0) is 0 Å². The molecular weight excluding hydrogens is 1230 g/mol. The Kier molecular flexibility index (Phi) is 12.1. The summed E-state index contributed by atoms with van der Waals surface area (Å²) < 4.78 is 15.1. The van der Waals surface area contributed by atoms with Crippen LogP contribution in [0, 0.1) is 0 Å². The summed E-state index contributed by atoms with van der Waals surface area (Å²) >= 11 is 3.82. The van der Waals surface area contributed by atoms with Crippen LogP contribution in [0.4, 0.5) is 0 Å². The molecule has 22 aromatic rings. The van der Waals surface area contributed by atoms with Gasteiger partial charge in [-0.05, 0) is 149 Å². The second-order valence-corrected chi connectivity index (χ2v) is 27.8. The van der Waals surface area contributed by atoms with Gasteiger partial charge in [-0.25, -0.2) is 4.98 Å². The third-order valence-corrected chi connectivity index (χ3v) is 22.8. The zero-order valence-electron chi connectivity index (χ0n) is 52.8. The molecule has 98 heavy (non-hydrogen) atoms. The van der Waals surface area contributed by atoms with E-state index in [9.17, 15) is 0 Å². The average molecular weight is 1280 g/mol. The van der Waals surface area contributed by atoms with Gasteiger partial charge in [-0.1, -0.05) is 206 Å². The number of hydrogen-bond acceptors (Lipinski definition) is 3. The van der Waals surface area contributed by atoms with Gasteiger partial charge in [-0.15, -0.1) is 22.7 Å². The first-order valence-electron chi connectivity index (χ1n) is 33.4. The fraction of sp³-hybridized carbons (Fsp3) is 0. The van der Waals surface area contributed by atoms with Gasteiger partial charge in [0.05, 0.1) is 55.5 Å². The van der Waals surface area contributed by atoms with E-state index in [1.54, 1.807) is 0 Å². The number of pyridine rings is 1. The molecule has 0 aliphatic heterocycles. The molecule has 0 spiro atoms. The average Bonchev–Trinajstić information content (AvgIpc) is 1.55. The minimum absolute atomic E-state index is 0.963. The number of nitrogens with zero attached hydrogens (tertiary/aromatic N) is 5. The second-order valence-electron chi connectivity index (χ2n) is 25.7. The molecule has 0 saturated heterocycles. The lowest BCUT2D eigenvalue weighted by Crippen LogP contribution is -1.95. The van der Waals surface area contributed by atoms with Crippen LogP contribution in [-0.4, -0.2) is 23.3 Å². The van der Waals surface area contributed by atoms with E-state index < -0.39 is 0 Å². The molecule has 7 heteroatoms. The Hall–Kier alpha value is -12.4. The first-order valence-corrected chi connectivity index (χ1v) is 35.0. The molecule has 15 aromatic carbocycles. The first kappa shape index (κ1) is 54.9. The molecule has 0 radical (unpaired) electrons. The van der Waals surface area contributed by atoms with Crippen molar-refractivity contribution in [2.75, 3.05) is 0 Å². The van der Waals surface area contributed by atoms with E-state index in [2.05, 4.69) is 346 Å². The molecular formula is C91H55N5S2. The normalized spacial score (nSPS) is 12.1. The minimum atomic E-state index is 0.963. The maximum absolute atomic E-state index is 5.16. The lowest BCUT2D eigenvalue weighted by Gasteiger charge is -2.10. The Morgan fingerprint density at radius 3 is 1.21 bits per heavy atom. The summed E-state index contributed by atoms with van der Waals surface area (Å²) in [6.07, 6.45) is 0. The highest BCUT2D eigenvalue weighted by Crippen LogP contribution is 2.50. The largest absolute Gasteiger partial charge is 0.309 e. The number of rotatable bonds is 6. The van der Waals surface area contributed by atoms with E-state index in [0.29, 0.717) is 0 Å². The van der Waals surface area contributed by atoms with Crippen LogP contribution >= 0.6 is 22.7 Å². The van der Waals surface area contributed by atoms with Crippen LogP contribution in [0.3, 0.4) is 0 Å². The van der Waals surface area contributed by atoms with E-state index in [1.807, 2.05) is 28.7 Å². The molecule has 0 aliphatic rings. The highest BCUT2D eigenvalue weighted by molar-refractivity contribution is 7.27. The van der Waals surface area contributed by atoms with Gasteiger partial charge in [0.25, 0.3) is 0 Å². The Balaban J connectivity index is 0.000000133. The molecule has 0 fully saturated rings. The highest BCUT2D eigenvalue weighted by atomic mass is 32.1. The van der Waals surface area contributed by atoms with Crippen molar-refractivity contribution >= 4 is 172 Å². The molecule has 0 bridgehead atoms. The molecule has 5 nitrogen and oxygen atoms in total. The molecule has 0 aliphatic carbocycles. The molecule has 7 aromatic heterocycles. The fourth-order valence-corrected chi connectivity index (χ4v) is 18.7. The zero-order valence-corrected chi connectivity index (χ0v) is 54.4. The molecule has 7 heterocycles. The maximum atomic E-state index is 5.16. The predicted octanol–water partition coefficient (Wildman–Crippen LogP) is 25.5. The maximum Gasteiger partial charge on any atom is 0.0709 e. The molecule has 0 saturated carbocycles. The van der Waals surface area contributed by atoms with Crippen LogP contribution in [0.5, 0.6) is 0 Å². The van der Waals surface area contributed by atoms with Crippen molar-refractivity contribution in [2.45, 2.75) is 0 Å². The van der Waals surface area contributed by atoms with Crippen LogP contribution in [0.25, 0.3) is 194 Å². The number of fused-ring (bicyclic) bond motifs is 24. The van der Waals surface area contributed by atoms with Gasteiger partial charge in [0.2, 0.25) is 0 Å². The number of aromatic nitrogens is 5. The van der Waals surface area contributed by atoms with Gasteiger partial charge >= 0.3 is 0 Å². The summed E-state index contributed by atoms with van der Waals surface area (Å²) in [6, 6.07) is 121. The standard InChI is InChI=1S/C51H31N3S.C40H24N2S/c1-4-14-33(15-5-1)42-21-12-22-43(52-42)34-23-26-44-39(29-34)40-30-41-47(31-46(40)53(44)35-16-6-2-7-17-35)54(36-18-8-3-9-19-36)45-27-25-38-49-37-20-11-10-13-32(37)24-28-48(49)55-51(38)50(41)45;1-3-12-26(13-4-1)41-33-21-19-25-11-7-8-16-28(25)38(33)31-23-32-36(24-35(31)41)42(27-14-5-2-6-15-27)34-22-20-30-29-17-9-10-18-37(29)43-40(30)39(32)34/h1-31H;1-24H. The van der Waals surface area contributed by atoms with Crippen LogP contribution in [0.1, 0.15) is 0 Å². The van der Waals surface area contributed by atoms with Crippen molar-refractivity contribution in [1.29, 1.82) is 0 Å². The molecule has 0 N–H and O–H groups in total. The number of para-hydroxylation sites is 4. The lowest BCUT2D eigenvalue weighted by atomic mass is 10.0. The summed E-state index contributed by atoms with van der Waals surface area (Å²) in [7, 11) is 0. The first-order chi connectivity index (χ1) is 48.6. The second kappa shape index (κ2) is 21.6. The molecule has 456 valence electrons. The molecule has 0 unspecified atom stereocenters. The van der Waals surface area contributed by atoms with E-state index >= 15 is 0 Å². The number of thiophene rings is 2. The molecule has 0 amide bonds. The van der Waals surface area contributed by atoms with Gasteiger partial charge in [-0.2, -0.15) is 0 Å². The fourth-order valence-electron chi connectivity index (χ4n) is 16.1. The minimum Gasteiger partial charge on any atom is -0.309 e.